The summed E-state index contributed by atoms with van der Waals surface area (Å²) >= 11 is 0. The molecule has 1 aliphatic heterocycles. The number of ether oxygens (including phenoxy) is 1. The molecule has 2 atom stereocenters. The first-order chi connectivity index (χ1) is 8.93. The number of aliphatic hydroxyl groups is 1. The molecule has 0 spiro atoms. The number of hydrogen-bond acceptors (Lipinski definition) is 3. The van der Waals surface area contributed by atoms with Gasteiger partial charge in [-0.1, -0.05) is 18.2 Å². The van der Waals surface area contributed by atoms with Crippen LogP contribution in [-0.2, 0) is 10.3 Å². The highest BCUT2D eigenvalue weighted by molar-refractivity contribution is 5.34. The minimum Gasteiger partial charge on any atom is -0.385 e. The van der Waals surface area contributed by atoms with Crippen LogP contribution in [0.1, 0.15) is 36.5 Å². The van der Waals surface area contributed by atoms with E-state index in [-0.39, 0.29) is 5.41 Å². The van der Waals surface area contributed by atoms with Gasteiger partial charge in [0.2, 0.25) is 0 Å². The summed E-state index contributed by atoms with van der Waals surface area (Å²) in [6.07, 6.45) is 1.86. The fourth-order valence-corrected chi connectivity index (χ4v) is 2.95. The number of nitrogens with two attached hydrogens (primary N) is 1. The second-order valence-electron chi connectivity index (χ2n) is 6.01. The summed E-state index contributed by atoms with van der Waals surface area (Å²) in [6.45, 7) is 7.76. The van der Waals surface area contributed by atoms with E-state index < -0.39 is 5.60 Å². The van der Waals surface area contributed by atoms with Gasteiger partial charge >= 0.3 is 0 Å². The summed E-state index contributed by atoms with van der Waals surface area (Å²) in [6, 6.07) is 6.14. The molecule has 106 valence electrons. The number of hydrogen-bond donors (Lipinski definition) is 2. The largest absolute Gasteiger partial charge is 0.385 e. The predicted octanol–water partition coefficient (Wildman–Crippen LogP) is 2.27. The zero-order valence-corrected chi connectivity index (χ0v) is 12.2. The van der Waals surface area contributed by atoms with Crippen LogP contribution in [0.4, 0.5) is 0 Å². The zero-order valence-electron chi connectivity index (χ0n) is 12.2. The van der Waals surface area contributed by atoms with Crippen LogP contribution in [0.25, 0.3) is 0 Å². The van der Waals surface area contributed by atoms with Crippen LogP contribution in [0.5, 0.6) is 0 Å². The number of rotatable bonds is 3. The topological polar surface area (TPSA) is 55.5 Å². The molecule has 1 fully saturated rings. The third-order valence-corrected chi connectivity index (χ3v) is 4.81. The Morgan fingerprint density at radius 2 is 2.11 bits per heavy atom. The van der Waals surface area contributed by atoms with Gasteiger partial charge in [-0.3, -0.25) is 0 Å². The highest BCUT2D eigenvalue weighted by Crippen LogP contribution is 2.45. The first-order valence-corrected chi connectivity index (χ1v) is 7.01. The Hall–Kier alpha value is -0.900. The van der Waals surface area contributed by atoms with E-state index in [2.05, 4.69) is 26.0 Å². The first kappa shape index (κ1) is 14.5. The van der Waals surface area contributed by atoms with Crippen molar-refractivity contribution in [2.45, 2.75) is 39.2 Å². The van der Waals surface area contributed by atoms with E-state index in [9.17, 15) is 5.11 Å². The van der Waals surface area contributed by atoms with Gasteiger partial charge in [0.05, 0.1) is 12.2 Å². The van der Waals surface area contributed by atoms with Gasteiger partial charge in [0.25, 0.3) is 0 Å². The summed E-state index contributed by atoms with van der Waals surface area (Å²) in [4.78, 5) is 0. The van der Waals surface area contributed by atoms with E-state index >= 15 is 0 Å². The molecule has 19 heavy (non-hydrogen) atoms. The lowest BCUT2D eigenvalue weighted by Gasteiger charge is -2.47. The van der Waals surface area contributed by atoms with Crippen molar-refractivity contribution in [3.8, 4) is 0 Å². The minimum atomic E-state index is -0.958. The van der Waals surface area contributed by atoms with Crippen LogP contribution in [0.15, 0.2) is 18.2 Å². The molecule has 0 saturated carbocycles. The standard InChI is InChI=1S/C16H25NO2/c1-12-5-6-14(9-13(12)2)15(3,18)16(10-17)7-4-8-19-11-16/h5-6,9,18H,4,7-8,10-11,17H2,1-3H3. The molecule has 0 amide bonds. The van der Waals surface area contributed by atoms with Gasteiger partial charge in [-0.2, -0.15) is 0 Å². The molecule has 0 aromatic heterocycles. The van der Waals surface area contributed by atoms with Crippen LogP contribution in [0, 0.1) is 19.3 Å². The Morgan fingerprint density at radius 1 is 1.37 bits per heavy atom. The third-order valence-electron chi connectivity index (χ3n) is 4.81. The molecule has 1 aliphatic rings. The maximum absolute atomic E-state index is 11.1. The SMILES string of the molecule is Cc1ccc(C(C)(O)C2(CN)CCCOC2)cc1C. The molecule has 0 aliphatic carbocycles. The van der Waals surface area contributed by atoms with Gasteiger partial charge in [0, 0.05) is 18.6 Å². The lowest BCUT2D eigenvalue weighted by molar-refractivity contribution is -0.139. The second kappa shape index (κ2) is 5.23. The number of benzene rings is 1. The fourth-order valence-electron chi connectivity index (χ4n) is 2.95. The first-order valence-electron chi connectivity index (χ1n) is 7.01. The van der Waals surface area contributed by atoms with Gasteiger partial charge in [-0.25, -0.2) is 0 Å². The monoisotopic (exact) mass is 263 g/mol. The average Bonchev–Trinajstić information content (AvgIpc) is 2.42. The average molecular weight is 263 g/mol. The van der Waals surface area contributed by atoms with Crippen molar-refractivity contribution in [3.05, 3.63) is 34.9 Å². The Labute approximate surface area is 115 Å². The second-order valence-corrected chi connectivity index (χ2v) is 6.01. The Balaban J connectivity index is 2.41. The molecule has 1 heterocycles. The van der Waals surface area contributed by atoms with Crippen molar-refractivity contribution in [3.63, 3.8) is 0 Å². The molecule has 3 heteroatoms. The summed E-state index contributed by atoms with van der Waals surface area (Å²) in [5.74, 6) is 0. The van der Waals surface area contributed by atoms with Crippen LogP contribution >= 0.6 is 0 Å². The van der Waals surface area contributed by atoms with E-state index in [1.165, 1.54) is 11.1 Å². The lowest BCUT2D eigenvalue weighted by atomic mass is 9.66. The molecule has 1 saturated heterocycles. The van der Waals surface area contributed by atoms with E-state index in [0.717, 1.165) is 25.0 Å². The van der Waals surface area contributed by atoms with Gasteiger partial charge in [-0.05, 0) is 50.3 Å². The fraction of sp³-hybridized carbons (Fsp3) is 0.625. The van der Waals surface area contributed by atoms with Crippen LogP contribution < -0.4 is 5.73 Å². The number of aryl methyl sites for hydroxylation is 2. The molecule has 1 aromatic rings. The molecule has 0 bridgehead atoms. The molecule has 0 radical (unpaired) electrons. The Morgan fingerprint density at radius 3 is 2.63 bits per heavy atom. The summed E-state index contributed by atoms with van der Waals surface area (Å²) in [5, 5.41) is 11.1. The Kier molecular flexibility index (Phi) is 4.00. The van der Waals surface area contributed by atoms with Crippen molar-refractivity contribution >= 4 is 0 Å². The van der Waals surface area contributed by atoms with E-state index in [0.29, 0.717) is 13.2 Å². The molecule has 1 aromatic carbocycles. The van der Waals surface area contributed by atoms with E-state index in [4.69, 9.17) is 10.5 Å². The van der Waals surface area contributed by atoms with Crippen molar-refractivity contribution in [1.82, 2.24) is 0 Å². The predicted molar refractivity (Wildman–Crippen MR) is 77.0 cm³/mol. The maximum Gasteiger partial charge on any atom is 0.0958 e. The molecular weight excluding hydrogens is 238 g/mol. The highest BCUT2D eigenvalue weighted by Gasteiger charge is 2.48. The zero-order chi connectivity index (χ0) is 14.1. The van der Waals surface area contributed by atoms with Crippen molar-refractivity contribution in [2.75, 3.05) is 19.8 Å². The summed E-state index contributed by atoms with van der Waals surface area (Å²) < 4.78 is 5.60. The van der Waals surface area contributed by atoms with Gasteiger partial charge in [0.15, 0.2) is 0 Å². The Bertz CT molecular complexity index is 448. The molecule has 3 nitrogen and oxygen atoms in total. The van der Waals surface area contributed by atoms with Crippen molar-refractivity contribution in [1.29, 1.82) is 0 Å². The molecule has 2 rings (SSSR count). The van der Waals surface area contributed by atoms with E-state index in [1.807, 2.05) is 13.0 Å². The molecular formula is C16H25NO2. The summed E-state index contributed by atoms with van der Waals surface area (Å²) in [7, 11) is 0. The quantitative estimate of drug-likeness (QED) is 0.879. The van der Waals surface area contributed by atoms with Crippen LogP contribution in [-0.4, -0.2) is 24.9 Å². The smallest absolute Gasteiger partial charge is 0.0958 e. The summed E-state index contributed by atoms with van der Waals surface area (Å²) in [5.41, 5.74) is 8.02. The van der Waals surface area contributed by atoms with Crippen molar-refractivity contribution < 1.29 is 9.84 Å². The highest BCUT2D eigenvalue weighted by atomic mass is 16.5. The van der Waals surface area contributed by atoms with Crippen LogP contribution in [0.3, 0.4) is 0 Å². The van der Waals surface area contributed by atoms with Gasteiger partial charge in [-0.15, -0.1) is 0 Å². The normalized spacial score (nSPS) is 27.0. The lowest BCUT2D eigenvalue weighted by Crippen LogP contribution is -2.53. The molecule has 2 unspecified atom stereocenters. The van der Waals surface area contributed by atoms with Gasteiger partial charge in [0.1, 0.15) is 0 Å². The van der Waals surface area contributed by atoms with Gasteiger partial charge < -0.3 is 15.6 Å². The molecule has 3 N–H and O–H groups in total. The minimum absolute atomic E-state index is 0.382. The van der Waals surface area contributed by atoms with E-state index in [1.54, 1.807) is 0 Å². The van der Waals surface area contributed by atoms with Crippen LogP contribution in [0.2, 0.25) is 0 Å². The third kappa shape index (κ3) is 2.42. The maximum atomic E-state index is 11.1. The van der Waals surface area contributed by atoms with Crippen molar-refractivity contribution in [2.24, 2.45) is 11.1 Å².